The topological polar surface area (TPSA) is 70.5 Å². The maximum Gasteiger partial charge on any atom is 0.194 e. The summed E-state index contributed by atoms with van der Waals surface area (Å²) in [7, 11) is 1.64. The van der Waals surface area contributed by atoms with Crippen molar-refractivity contribution >= 4 is 0 Å². The van der Waals surface area contributed by atoms with E-state index in [0.29, 0.717) is 26.4 Å². The molecule has 0 aliphatic carbocycles. The lowest BCUT2D eigenvalue weighted by atomic mass is 10.3. The van der Waals surface area contributed by atoms with Crippen molar-refractivity contribution in [3.63, 3.8) is 0 Å². The second-order valence-electron chi connectivity index (χ2n) is 3.16. The molecule has 0 radical (unpaired) electrons. The average Bonchev–Trinajstić information content (AvgIpc) is 2.69. The molecule has 0 aliphatic rings. The third-order valence-corrected chi connectivity index (χ3v) is 1.87. The first-order chi connectivity index (χ1) is 7.36. The molecule has 1 rings (SSSR count). The smallest absolute Gasteiger partial charge is 0.194 e. The molecule has 0 fully saturated rings. The van der Waals surface area contributed by atoms with Gasteiger partial charge in [0.05, 0.1) is 19.4 Å². The van der Waals surface area contributed by atoms with Crippen LogP contribution in [0.5, 0.6) is 0 Å². The van der Waals surface area contributed by atoms with Crippen molar-refractivity contribution < 1.29 is 13.9 Å². The van der Waals surface area contributed by atoms with Gasteiger partial charge in [0.25, 0.3) is 0 Å². The summed E-state index contributed by atoms with van der Waals surface area (Å²) in [5.41, 5.74) is 5.39. The van der Waals surface area contributed by atoms with E-state index >= 15 is 0 Å². The van der Waals surface area contributed by atoms with Crippen LogP contribution in [0.1, 0.15) is 18.1 Å². The zero-order chi connectivity index (χ0) is 10.9. The van der Waals surface area contributed by atoms with Gasteiger partial charge >= 0.3 is 0 Å². The molecule has 0 saturated heterocycles. The van der Waals surface area contributed by atoms with Crippen LogP contribution in [0, 0.1) is 0 Å². The van der Waals surface area contributed by atoms with E-state index in [1.165, 1.54) is 0 Å². The molecule has 0 spiro atoms. The normalized spacial score (nSPS) is 10.8. The Morgan fingerprint density at radius 3 is 3.07 bits per heavy atom. The van der Waals surface area contributed by atoms with Crippen molar-refractivity contribution in [3.8, 4) is 0 Å². The second-order valence-corrected chi connectivity index (χ2v) is 3.16. The molecule has 1 aromatic heterocycles. The fourth-order valence-electron chi connectivity index (χ4n) is 1.10. The Kier molecular flexibility index (Phi) is 5.99. The highest BCUT2D eigenvalue weighted by atomic mass is 16.5. The molecule has 1 aromatic rings. The summed E-state index contributed by atoms with van der Waals surface area (Å²) < 4.78 is 15.6. The summed E-state index contributed by atoms with van der Waals surface area (Å²) in [5, 5.41) is 0. The Morgan fingerprint density at radius 1 is 1.47 bits per heavy atom. The number of aromatic nitrogens is 1. The molecule has 0 unspecified atom stereocenters. The minimum atomic E-state index is 0.443. The molecule has 15 heavy (non-hydrogen) atoms. The zero-order valence-corrected chi connectivity index (χ0v) is 9.07. The van der Waals surface area contributed by atoms with Crippen LogP contribution in [0.3, 0.4) is 0 Å². The fraction of sp³-hybridized carbons (Fsp3) is 0.700. The quantitative estimate of drug-likeness (QED) is 0.646. The van der Waals surface area contributed by atoms with Crippen LogP contribution in [-0.2, 0) is 22.5 Å². The van der Waals surface area contributed by atoms with Crippen molar-refractivity contribution in [1.29, 1.82) is 0 Å². The van der Waals surface area contributed by atoms with Gasteiger partial charge in [-0.05, 0) is 13.0 Å². The summed E-state index contributed by atoms with van der Waals surface area (Å²) in [6, 6.07) is 0. The van der Waals surface area contributed by atoms with E-state index in [9.17, 15) is 0 Å². The summed E-state index contributed by atoms with van der Waals surface area (Å²) in [6.45, 7) is 2.25. The molecule has 2 N–H and O–H groups in total. The Balaban J connectivity index is 2.20. The van der Waals surface area contributed by atoms with Gasteiger partial charge in [-0.3, -0.25) is 0 Å². The van der Waals surface area contributed by atoms with Crippen molar-refractivity contribution in [1.82, 2.24) is 4.98 Å². The van der Waals surface area contributed by atoms with Crippen LogP contribution in [0.4, 0.5) is 0 Å². The van der Waals surface area contributed by atoms with Gasteiger partial charge in [0.1, 0.15) is 12.4 Å². The summed E-state index contributed by atoms with van der Waals surface area (Å²) in [6.07, 6.45) is 3.37. The first-order valence-electron chi connectivity index (χ1n) is 5.07. The van der Waals surface area contributed by atoms with Crippen molar-refractivity contribution in [2.45, 2.75) is 19.4 Å². The van der Waals surface area contributed by atoms with Crippen LogP contribution >= 0.6 is 0 Å². The van der Waals surface area contributed by atoms with E-state index in [4.69, 9.17) is 19.6 Å². The lowest BCUT2D eigenvalue weighted by molar-refractivity contribution is 0.0534. The lowest BCUT2D eigenvalue weighted by Crippen LogP contribution is -2.01. The van der Waals surface area contributed by atoms with Gasteiger partial charge in [-0.15, -0.1) is 0 Å². The van der Waals surface area contributed by atoms with Gasteiger partial charge in [0, 0.05) is 13.5 Å². The number of rotatable bonds is 8. The number of hydrogen-bond acceptors (Lipinski definition) is 5. The van der Waals surface area contributed by atoms with Crippen LogP contribution in [0.25, 0.3) is 0 Å². The van der Waals surface area contributed by atoms with Crippen LogP contribution in [0.2, 0.25) is 0 Å². The van der Waals surface area contributed by atoms with Gasteiger partial charge in [-0.25, -0.2) is 4.98 Å². The molecule has 0 aliphatic heterocycles. The highest BCUT2D eigenvalue weighted by Gasteiger charge is 2.03. The highest BCUT2D eigenvalue weighted by Crippen LogP contribution is 2.06. The molecule has 0 bridgehead atoms. The largest absolute Gasteiger partial charge is 0.443 e. The predicted octanol–water partition coefficient (Wildman–Crippen LogP) is 0.729. The number of oxazole rings is 1. The number of aryl methyl sites for hydroxylation is 1. The van der Waals surface area contributed by atoms with Gasteiger partial charge in [0.15, 0.2) is 5.89 Å². The molecular formula is C10H18N2O3. The van der Waals surface area contributed by atoms with E-state index in [2.05, 4.69) is 4.98 Å². The Bertz CT molecular complexity index is 263. The van der Waals surface area contributed by atoms with Gasteiger partial charge in [-0.1, -0.05) is 0 Å². The van der Waals surface area contributed by atoms with Crippen LogP contribution in [-0.4, -0.2) is 31.9 Å². The van der Waals surface area contributed by atoms with E-state index in [0.717, 1.165) is 24.5 Å². The number of ether oxygens (including phenoxy) is 2. The third kappa shape index (κ3) is 4.92. The minimum Gasteiger partial charge on any atom is -0.443 e. The summed E-state index contributed by atoms with van der Waals surface area (Å²) >= 11 is 0. The molecule has 0 atom stereocenters. The molecule has 5 heteroatoms. The van der Waals surface area contributed by atoms with E-state index < -0.39 is 0 Å². The van der Waals surface area contributed by atoms with Crippen molar-refractivity contribution in [3.05, 3.63) is 17.8 Å². The highest BCUT2D eigenvalue weighted by molar-refractivity contribution is 4.92. The Morgan fingerprint density at radius 2 is 2.33 bits per heavy atom. The van der Waals surface area contributed by atoms with E-state index in [1.54, 1.807) is 13.3 Å². The molecule has 0 saturated carbocycles. The number of nitrogens with zero attached hydrogens (tertiary/aromatic N) is 1. The van der Waals surface area contributed by atoms with E-state index in [-0.39, 0.29) is 0 Å². The molecular weight excluding hydrogens is 196 g/mol. The molecule has 0 aromatic carbocycles. The molecule has 1 heterocycles. The summed E-state index contributed by atoms with van der Waals surface area (Å²) in [5.74, 6) is 1.48. The summed E-state index contributed by atoms with van der Waals surface area (Å²) in [4.78, 5) is 4.12. The van der Waals surface area contributed by atoms with Gasteiger partial charge in [0.2, 0.25) is 0 Å². The van der Waals surface area contributed by atoms with Gasteiger partial charge < -0.3 is 19.6 Å². The molecule has 0 amide bonds. The standard InChI is InChI=1S/C10H18N2O3/c1-13-5-6-14-8-9-7-12-10(15-9)3-2-4-11/h7H,2-6,8,11H2,1H3. The number of nitrogens with two attached hydrogens (primary N) is 1. The monoisotopic (exact) mass is 214 g/mol. The van der Waals surface area contributed by atoms with Gasteiger partial charge in [-0.2, -0.15) is 0 Å². The number of hydrogen-bond donors (Lipinski definition) is 1. The maximum absolute atomic E-state index is 5.43. The van der Waals surface area contributed by atoms with Crippen molar-refractivity contribution in [2.24, 2.45) is 5.73 Å². The number of methoxy groups -OCH3 is 1. The van der Waals surface area contributed by atoms with Crippen LogP contribution in [0.15, 0.2) is 10.6 Å². The zero-order valence-electron chi connectivity index (χ0n) is 9.07. The minimum absolute atomic E-state index is 0.443. The first-order valence-corrected chi connectivity index (χ1v) is 5.07. The van der Waals surface area contributed by atoms with Crippen LogP contribution < -0.4 is 5.73 Å². The fourth-order valence-corrected chi connectivity index (χ4v) is 1.10. The second kappa shape index (κ2) is 7.39. The maximum atomic E-state index is 5.43. The van der Waals surface area contributed by atoms with E-state index in [1.807, 2.05) is 0 Å². The molecule has 86 valence electrons. The lowest BCUT2D eigenvalue weighted by Gasteiger charge is -1.99. The molecule has 5 nitrogen and oxygen atoms in total. The Labute approximate surface area is 89.6 Å². The average molecular weight is 214 g/mol. The SMILES string of the molecule is COCCOCc1cnc(CCCN)o1. The first kappa shape index (κ1) is 12.2. The predicted molar refractivity (Wildman–Crippen MR) is 55.4 cm³/mol. The van der Waals surface area contributed by atoms with Crippen molar-refractivity contribution in [2.75, 3.05) is 26.9 Å². The Hall–Kier alpha value is -0.910. The third-order valence-electron chi connectivity index (χ3n) is 1.87.